The maximum absolute atomic E-state index is 13.4. The molecule has 33 heavy (non-hydrogen) atoms. The van der Waals surface area contributed by atoms with Crippen LogP contribution in [0.5, 0.6) is 0 Å². The monoisotopic (exact) mass is 484 g/mol. The van der Waals surface area contributed by atoms with Gasteiger partial charge in [-0.2, -0.15) is 0 Å². The van der Waals surface area contributed by atoms with E-state index < -0.39 is 10.0 Å². The molecule has 172 valence electrons. The second-order valence-electron chi connectivity index (χ2n) is 7.77. The van der Waals surface area contributed by atoms with Crippen molar-refractivity contribution in [3.8, 4) is 10.6 Å². The van der Waals surface area contributed by atoms with Crippen LogP contribution in [0, 0.1) is 20.8 Å². The van der Waals surface area contributed by atoms with E-state index in [4.69, 9.17) is 4.52 Å². The highest BCUT2D eigenvalue weighted by Crippen LogP contribution is 2.32. The zero-order chi connectivity index (χ0) is 23.8. The van der Waals surface area contributed by atoms with Crippen molar-refractivity contribution >= 4 is 49.7 Å². The molecule has 0 atom stereocenters. The molecule has 0 aliphatic heterocycles. The number of carbonyl (C=O) groups excluding carboxylic acids is 1. The highest BCUT2D eigenvalue weighted by molar-refractivity contribution is 7.92. The Kier molecular flexibility index (Phi) is 6.22. The summed E-state index contributed by atoms with van der Waals surface area (Å²) in [5, 5.41) is 7.44. The number of rotatable bonds is 7. The lowest BCUT2D eigenvalue weighted by atomic mass is 10.1. The van der Waals surface area contributed by atoms with Crippen molar-refractivity contribution in [2.45, 2.75) is 34.1 Å². The van der Waals surface area contributed by atoms with Gasteiger partial charge < -0.3 is 9.84 Å². The largest absolute Gasteiger partial charge is 0.335 e. The van der Waals surface area contributed by atoms with E-state index in [1.165, 1.54) is 0 Å². The van der Waals surface area contributed by atoms with Crippen molar-refractivity contribution < 1.29 is 17.7 Å². The summed E-state index contributed by atoms with van der Waals surface area (Å²) in [6.07, 6.45) is 0.507. The summed E-state index contributed by atoms with van der Waals surface area (Å²) < 4.78 is 32.4. The van der Waals surface area contributed by atoms with Crippen LogP contribution < -0.4 is 10.0 Å². The molecule has 1 amide bonds. The molecule has 2 N–H and O–H groups in total. The quantitative estimate of drug-likeness (QED) is 0.369. The number of hydrogen-bond acceptors (Lipinski definition) is 7. The smallest absolute Gasteiger partial charge is 0.259 e. The van der Waals surface area contributed by atoms with E-state index >= 15 is 0 Å². The van der Waals surface area contributed by atoms with Gasteiger partial charge in [-0.15, -0.1) is 11.3 Å². The van der Waals surface area contributed by atoms with Crippen LogP contribution >= 0.6 is 11.3 Å². The average molecular weight is 485 g/mol. The minimum atomic E-state index is -3.46. The van der Waals surface area contributed by atoms with Crippen molar-refractivity contribution in [1.82, 2.24) is 10.1 Å². The van der Waals surface area contributed by atoms with Crippen molar-refractivity contribution in [2.24, 2.45) is 0 Å². The van der Waals surface area contributed by atoms with Crippen LogP contribution in [0.4, 0.5) is 11.4 Å². The van der Waals surface area contributed by atoms with Crippen molar-refractivity contribution in [1.29, 1.82) is 0 Å². The molecular weight excluding hydrogens is 460 g/mol. The summed E-state index contributed by atoms with van der Waals surface area (Å²) in [6.45, 7) is 7.32. The fraction of sp³-hybridized carbons (Fsp3) is 0.261. The van der Waals surface area contributed by atoms with E-state index in [2.05, 4.69) is 20.2 Å². The Morgan fingerprint density at radius 1 is 1.12 bits per heavy atom. The van der Waals surface area contributed by atoms with E-state index in [9.17, 15) is 13.2 Å². The van der Waals surface area contributed by atoms with Gasteiger partial charge in [-0.1, -0.05) is 18.1 Å². The van der Waals surface area contributed by atoms with Crippen LogP contribution in [0.15, 0.2) is 40.9 Å². The number of aromatic nitrogens is 2. The van der Waals surface area contributed by atoms with Crippen molar-refractivity contribution in [3.63, 3.8) is 0 Å². The van der Waals surface area contributed by atoms with E-state index in [1.54, 1.807) is 56.4 Å². The molecule has 1 aromatic carbocycles. The van der Waals surface area contributed by atoms with Gasteiger partial charge in [0.1, 0.15) is 0 Å². The molecule has 0 radical (unpaired) electrons. The van der Waals surface area contributed by atoms with Gasteiger partial charge in [0.25, 0.3) is 11.6 Å². The molecule has 3 heterocycles. The number of sulfonamides is 1. The topological polar surface area (TPSA) is 114 Å². The normalized spacial score (nSPS) is 11.6. The zero-order valence-corrected chi connectivity index (χ0v) is 20.4. The number of hydrogen-bond donors (Lipinski definition) is 2. The van der Waals surface area contributed by atoms with Gasteiger partial charge >= 0.3 is 0 Å². The van der Waals surface area contributed by atoms with Gasteiger partial charge in [0.15, 0.2) is 0 Å². The highest BCUT2D eigenvalue weighted by atomic mass is 32.2. The number of nitrogens with zero attached hydrogens (tertiary/aromatic N) is 2. The summed E-state index contributed by atoms with van der Waals surface area (Å²) in [6, 6.07) is 10.8. The number of aryl methyl sites for hydroxylation is 2. The fourth-order valence-corrected chi connectivity index (χ4v) is 5.55. The second-order valence-corrected chi connectivity index (χ2v) is 10.9. The molecule has 0 aliphatic rings. The predicted molar refractivity (Wildman–Crippen MR) is 131 cm³/mol. The van der Waals surface area contributed by atoms with Crippen LogP contribution in [-0.2, 0) is 10.0 Å². The lowest BCUT2D eigenvalue weighted by Gasteiger charge is -2.14. The second kappa shape index (κ2) is 8.95. The summed E-state index contributed by atoms with van der Waals surface area (Å²) in [5.74, 6) is -0.338. The van der Waals surface area contributed by atoms with Crippen molar-refractivity contribution in [3.05, 3.63) is 58.1 Å². The predicted octanol–water partition coefficient (Wildman–Crippen LogP) is 5.28. The first-order valence-corrected chi connectivity index (χ1v) is 12.9. The van der Waals surface area contributed by atoms with E-state index in [0.717, 1.165) is 9.75 Å². The zero-order valence-electron chi connectivity index (χ0n) is 18.7. The molecule has 0 aliphatic carbocycles. The van der Waals surface area contributed by atoms with Gasteiger partial charge in [0.05, 0.1) is 38.7 Å². The molecule has 3 aromatic heterocycles. The van der Waals surface area contributed by atoms with Gasteiger partial charge in [-0.05, 0) is 63.1 Å². The number of anilines is 2. The Morgan fingerprint density at radius 3 is 2.58 bits per heavy atom. The first-order chi connectivity index (χ1) is 15.7. The van der Waals surface area contributed by atoms with Gasteiger partial charge in [0, 0.05) is 10.6 Å². The summed E-state index contributed by atoms with van der Waals surface area (Å²) in [7, 11) is -3.46. The molecule has 0 spiro atoms. The molecule has 0 fully saturated rings. The summed E-state index contributed by atoms with van der Waals surface area (Å²) in [4.78, 5) is 20.0. The van der Waals surface area contributed by atoms with Gasteiger partial charge in [0.2, 0.25) is 10.0 Å². The molecule has 4 rings (SSSR count). The third-order valence-corrected chi connectivity index (χ3v) is 7.67. The first kappa shape index (κ1) is 22.9. The minimum absolute atomic E-state index is 0.0236. The Balaban J connectivity index is 1.71. The molecule has 10 heteroatoms. The number of nitrogens with one attached hydrogen (secondary N) is 2. The highest BCUT2D eigenvalue weighted by Gasteiger charge is 2.21. The molecule has 8 nitrogen and oxygen atoms in total. The van der Waals surface area contributed by atoms with Crippen LogP contribution in [0.25, 0.3) is 21.7 Å². The lowest BCUT2D eigenvalue weighted by Crippen LogP contribution is -2.18. The molecule has 0 bridgehead atoms. The Hall–Kier alpha value is -3.24. The molecule has 0 unspecified atom stereocenters. The van der Waals surface area contributed by atoms with E-state index in [-0.39, 0.29) is 11.7 Å². The molecule has 4 aromatic rings. The van der Waals surface area contributed by atoms with Gasteiger partial charge in [-0.25, -0.2) is 13.4 Å². The third-order valence-electron chi connectivity index (χ3n) is 5.17. The number of thiophene rings is 1. The minimum Gasteiger partial charge on any atom is -0.335 e. The molecule has 0 saturated carbocycles. The molecular formula is C23H24N4O4S2. The number of fused-ring (bicyclic) bond motifs is 1. The van der Waals surface area contributed by atoms with E-state index in [1.807, 2.05) is 19.1 Å². The Morgan fingerprint density at radius 2 is 1.88 bits per heavy atom. The number of amides is 1. The maximum atomic E-state index is 13.4. The summed E-state index contributed by atoms with van der Waals surface area (Å²) in [5.41, 5.74) is 3.41. The molecule has 0 saturated heterocycles. The van der Waals surface area contributed by atoms with Crippen molar-refractivity contribution in [2.75, 3.05) is 15.8 Å². The van der Waals surface area contributed by atoms with Crippen LogP contribution in [-0.4, -0.2) is 30.2 Å². The Labute approximate surface area is 196 Å². The average Bonchev–Trinajstić information content (AvgIpc) is 3.36. The van der Waals surface area contributed by atoms with Crippen LogP contribution in [0.1, 0.15) is 39.8 Å². The first-order valence-electron chi connectivity index (χ1n) is 10.4. The van der Waals surface area contributed by atoms with E-state index in [0.29, 0.717) is 51.4 Å². The van der Waals surface area contributed by atoms with Crippen LogP contribution in [0.3, 0.4) is 0 Å². The number of benzene rings is 1. The maximum Gasteiger partial charge on any atom is 0.259 e. The van der Waals surface area contributed by atoms with Crippen LogP contribution in [0.2, 0.25) is 0 Å². The standard InChI is InChI=1S/C23H24N4O4S2/c1-5-11-33(29,30)27-18-8-6-7-17(14(18)3)24-22(28)16-12-19(20-10-9-13(2)32-20)25-23-21(16)15(4)26-31-23/h6-10,12,27H,5,11H2,1-4H3,(H,24,28). The SMILES string of the molecule is CCCS(=O)(=O)Nc1cccc(NC(=O)c2cc(-c3ccc(C)s3)nc3onc(C)c23)c1C. The number of carbonyl (C=O) groups is 1. The number of pyridine rings is 1. The fourth-order valence-electron chi connectivity index (χ4n) is 3.53. The van der Waals surface area contributed by atoms with Gasteiger partial charge in [-0.3, -0.25) is 9.52 Å². The third kappa shape index (κ3) is 4.76. The lowest BCUT2D eigenvalue weighted by molar-refractivity contribution is 0.102. The Bertz CT molecular complexity index is 1450. The summed E-state index contributed by atoms with van der Waals surface area (Å²) >= 11 is 1.57.